The molecule has 70 valence electrons. The van der Waals surface area contributed by atoms with Gasteiger partial charge in [0, 0.05) is 0 Å². The molecule has 0 aliphatic heterocycles. The summed E-state index contributed by atoms with van der Waals surface area (Å²) in [5, 5.41) is 9.20. The van der Waals surface area contributed by atoms with E-state index in [9.17, 15) is 14.3 Å². The summed E-state index contributed by atoms with van der Waals surface area (Å²) in [6.45, 7) is 1.20. The first-order chi connectivity index (χ1) is 6.07. The first-order valence-electron chi connectivity index (χ1n) is 3.79. The van der Waals surface area contributed by atoms with Gasteiger partial charge >= 0.3 is 0 Å². The number of hydrogen-bond acceptors (Lipinski definition) is 3. The van der Waals surface area contributed by atoms with Crippen molar-refractivity contribution in [3.8, 4) is 5.75 Å². The highest BCUT2D eigenvalue weighted by atomic mass is 19.1. The highest BCUT2D eigenvalue weighted by Crippen LogP contribution is 2.22. The Morgan fingerprint density at radius 1 is 1.62 bits per heavy atom. The van der Waals surface area contributed by atoms with Crippen LogP contribution in [0, 0.1) is 12.7 Å². The molecule has 1 aromatic rings. The zero-order chi connectivity index (χ0) is 10.0. The monoisotopic (exact) mass is 183 g/mol. The second-order valence-electron chi connectivity index (χ2n) is 2.72. The van der Waals surface area contributed by atoms with Crippen molar-refractivity contribution >= 4 is 5.78 Å². The number of nitrogens with two attached hydrogens (primary N) is 1. The molecule has 0 bridgehead atoms. The van der Waals surface area contributed by atoms with Gasteiger partial charge in [0.2, 0.25) is 0 Å². The Balaban J connectivity index is 3.33. The van der Waals surface area contributed by atoms with E-state index in [1.807, 2.05) is 0 Å². The highest BCUT2D eigenvalue weighted by molar-refractivity contribution is 6.00. The Hall–Kier alpha value is -1.42. The van der Waals surface area contributed by atoms with E-state index in [1.54, 1.807) is 0 Å². The number of Topliss-reactive ketones (excluding diaryl/α,β-unsaturated/α-hetero) is 1. The van der Waals surface area contributed by atoms with Crippen LogP contribution in [0.15, 0.2) is 12.1 Å². The normalized spacial score (nSPS) is 10.1. The maximum absolute atomic E-state index is 13.3. The standard InChI is InChI=1S/C9H10FNO2/c1-5-2-3-6(12)8(9(5)10)7(13)4-11/h2-3,12H,4,11H2,1H3. The summed E-state index contributed by atoms with van der Waals surface area (Å²) in [5.41, 5.74) is 5.06. The number of benzene rings is 1. The van der Waals surface area contributed by atoms with Gasteiger partial charge < -0.3 is 10.8 Å². The number of phenolic OH excluding ortho intramolecular Hbond substituents is 1. The Bertz CT molecular complexity index is 350. The lowest BCUT2D eigenvalue weighted by Crippen LogP contribution is -2.15. The Labute approximate surface area is 75.0 Å². The molecule has 1 aromatic carbocycles. The number of halogens is 1. The first-order valence-corrected chi connectivity index (χ1v) is 3.79. The summed E-state index contributed by atoms with van der Waals surface area (Å²) in [4.78, 5) is 11.1. The van der Waals surface area contributed by atoms with E-state index in [-0.39, 0.29) is 17.9 Å². The predicted molar refractivity (Wildman–Crippen MR) is 46.2 cm³/mol. The average Bonchev–Trinajstić information content (AvgIpc) is 2.12. The minimum Gasteiger partial charge on any atom is -0.507 e. The molecular weight excluding hydrogens is 173 g/mol. The predicted octanol–water partition coefficient (Wildman–Crippen LogP) is 0.981. The molecular formula is C9H10FNO2. The molecule has 0 heterocycles. The average molecular weight is 183 g/mol. The molecule has 0 saturated carbocycles. The van der Waals surface area contributed by atoms with E-state index in [2.05, 4.69) is 0 Å². The van der Waals surface area contributed by atoms with Crippen molar-refractivity contribution in [2.24, 2.45) is 5.73 Å². The molecule has 0 radical (unpaired) electrons. The second kappa shape index (κ2) is 3.53. The molecule has 3 N–H and O–H groups in total. The van der Waals surface area contributed by atoms with Gasteiger partial charge in [0.1, 0.15) is 11.6 Å². The second-order valence-corrected chi connectivity index (χ2v) is 2.72. The molecule has 0 fully saturated rings. The molecule has 0 atom stereocenters. The zero-order valence-electron chi connectivity index (χ0n) is 7.17. The van der Waals surface area contributed by atoms with E-state index in [1.165, 1.54) is 19.1 Å². The van der Waals surface area contributed by atoms with Crippen LogP contribution in [0.2, 0.25) is 0 Å². The van der Waals surface area contributed by atoms with Crippen LogP contribution in [0.4, 0.5) is 4.39 Å². The number of carbonyl (C=O) groups excluding carboxylic acids is 1. The molecule has 0 aliphatic carbocycles. The van der Waals surface area contributed by atoms with Crippen molar-refractivity contribution in [1.82, 2.24) is 0 Å². The topological polar surface area (TPSA) is 63.3 Å². The number of carbonyl (C=O) groups is 1. The van der Waals surface area contributed by atoms with Crippen molar-refractivity contribution in [2.45, 2.75) is 6.92 Å². The minimum absolute atomic E-state index is 0.312. The molecule has 0 spiro atoms. The fourth-order valence-corrected chi connectivity index (χ4v) is 1.04. The third-order valence-electron chi connectivity index (χ3n) is 1.78. The fourth-order valence-electron chi connectivity index (χ4n) is 1.04. The molecule has 0 aromatic heterocycles. The summed E-state index contributed by atoms with van der Waals surface area (Å²) in [5.74, 6) is -1.66. The fraction of sp³-hybridized carbons (Fsp3) is 0.222. The Kier molecular flexibility index (Phi) is 2.63. The number of aryl methyl sites for hydroxylation is 1. The lowest BCUT2D eigenvalue weighted by molar-refractivity contribution is 0.0994. The molecule has 0 amide bonds. The molecule has 0 aliphatic rings. The quantitative estimate of drug-likeness (QED) is 0.672. The molecule has 3 nitrogen and oxygen atoms in total. The minimum atomic E-state index is -0.699. The van der Waals surface area contributed by atoms with E-state index >= 15 is 0 Å². The SMILES string of the molecule is Cc1ccc(O)c(C(=O)CN)c1F. The summed E-state index contributed by atoms with van der Waals surface area (Å²) in [6.07, 6.45) is 0. The highest BCUT2D eigenvalue weighted by Gasteiger charge is 2.16. The van der Waals surface area contributed by atoms with Crippen LogP contribution in [-0.2, 0) is 0 Å². The first kappa shape index (κ1) is 9.67. The summed E-state index contributed by atoms with van der Waals surface area (Å²) < 4.78 is 13.3. The van der Waals surface area contributed by atoms with Crippen LogP contribution in [0.25, 0.3) is 0 Å². The van der Waals surface area contributed by atoms with Gasteiger partial charge in [0.05, 0.1) is 12.1 Å². The van der Waals surface area contributed by atoms with Gasteiger partial charge in [-0.2, -0.15) is 0 Å². The number of phenols is 1. The van der Waals surface area contributed by atoms with E-state index in [0.717, 1.165) is 0 Å². The van der Waals surface area contributed by atoms with Crippen LogP contribution in [-0.4, -0.2) is 17.4 Å². The van der Waals surface area contributed by atoms with E-state index in [0.29, 0.717) is 5.56 Å². The van der Waals surface area contributed by atoms with Crippen molar-refractivity contribution in [3.05, 3.63) is 29.1 Å². The van der Waals surface area contributed by atoms with Crippen molar-refractivity contribution < 1.29 is 14.3 Å². The summed E-state index contributed by atoms with van der Waals surface area (Å²) in [7, 11) is 0. The largest absolute Gasteiger partial charge is 0.507 e. The van der Waals surface area contributed by atoms with Crippen LogP contribution >= 0.6 is 0 Å². The Morgan fingerprint density at radius 3 is 2.77 bits per heavy atom. The van der Waals surface area contributed by atoms with Crippen LogP contribution in [0.5, 0.6) is 5.75 Å². The number of rotatable bonds is 2. The maximum atomic E-state index is 13.3. The van der Waals surface area contributed by atoms with Gasteiger partial charge in [-0.05, 0) is 18.6 Å². The molecule has 0 unspecified atom stereocenters. The van der Waals surface area contributed by atoms with Gasteiger partial charge in [-0.25, -0.2) is 4.39 Å². The van der Waals surface area contributed by atoms with Gasteiger partial charge in [0.25, 0.3) is 0 Å². The van der Waals surface area contributed by atoms with Crippen molar-refractivity contribution in [1.29, 1.82) is 0 Å². The molecule has 4 heteroatoms. The molecule has 0 saturated heterocycles. The molecule has 1 rings (SSSR count). The van der Waals surface area contributed by atoms with Gasteiger partial charge in [0.15, 0.2) is 5.78 Å². The third kappa shape index (κ3) is 1.67. The Morgan fingerprint density at radius 2 is 2.23 bits per heavy atom. The lowest BCUT2D eigenvalue weighted by atomic mass is 10.1. The maximum Gasteiger partial charge on any atom is 0.183 e. The zero-order valence-corrected chi connectivity index (χ0v) is 7.17. The van der Waals surface area contributed by atoms with Crippen LogP contribution < -0.4 is 5.73 Å². The molecule has 13 heavy (non-hydrogen) atoms. The number of aromatic hydroxyl groups is 1. The van der Waals surface area contributed by atoms with Crippen molar-refractivity contribution in [2.75, 3.05) is 6.54 Å². The van der Waals surface area contributed by atoms with E-state index < -0.39 is 11.6 Å². The number of hydrogen-bond donors (Lipinski definition) is 2. The van der Waals surface area contributed by atoms with E-state index in [4.69, 9.17) is 5.73 Å². The van der Waals surface area contributed by atoms with Crippen molar-refractivity contribution in [3.63, 3.8) is 0 Å². The van der Waals surface area contributed by atoms with Gasteiger partial charge in [-0.3, -0.25) is 4.79 Å². The number of ketones is 1. The van der Waals surface area contributed by atoms with Gasteiger partial charge in [-0.15, -0.1) is 0 Å². The summed E-state index contributed by atoms with van der Waals surface area (Å²) in [6, 6.07) is 2.68. The van der Waals surface area contributed by atoms with Crippen LogP contribution in [0.3, 0.4) is 0 Å². The summed E-state index contributed by atoms with van der Waals surface area (Å²) >= 11 is 0. The smallest absolute Gasteiger partial charge is 0.183 e. The lowest BCUT2D eigenvalue weighted by Gasteiger charge is -2.05. The van der Waals surface area contributed by atoms with Gasteiger partial charge in [-0.1, -0.05) is 6.07 Å². The third-order valence-corrected chi connectivity index (χ3v) is 1.78. The van der Waals surface area contributed by atoms with Crippen LogP contribution in [0.1, 0.15) is 15.9 Å².